The first kappa shape index (κ1) is 19.0. The van der Waals surface area contributed by atoms with E-state index in [1.54, 1.807) is 28.8 Å². The number of nitrogens with zero attached hydrogens (tertiary/aromatic N) is 5. The summed E-state index contributed by atoms with van der Waals surface area (Å²) >= 11 is 1.67. The molecule has 0 saturated heterocycles. The second-order valence-electron chi connectivity index (χ2n) is 7.64. The number of rotatable bonds is 5. The summed E-state index contributed by atoms with van der Waals surface area (Å²) < 4.78 is 1.83. The number of hydrogen-bond acceptors (Lipinski definition) is 7. The molecule has 5 rings (SSSR count). The lowest BCUT2D eigenvalue weighted by molar-refractivity contribution is -0.134. The molecule has 0 fully saturated rings. The number of likely N-dealkylation sites (N-methyl/N-ethyl adjacent to an activating group) is 1. The van der Waals surface area contributed by atoms with Gasteiger partial charge in [0.15, 0.2) is 0 Å². The number of pyridine rings is 1. The zero-order chi connectivity index (χ0) is 20.7. The summed E-state index contributed by atoms with van der Waals surface area (Å²) in [6.07, 6.45) is 7.74. The number of carbonyl (C=O) groups excluding carboxylic acids is 1. The molecule has 3 N–H and O–H groups in total. The van der Waals surface area contributed by atoms with Crippen LogP contribution in [0.5, 0.6) is 0 Å². The van der Waals surface area contributed by atoms with Gasteiger partial charge in [-0.1, -0.05) is 0 Å². The summed E-state index contributed by atoms with van der Waals surface area (Å²) in [4.78, 5) is 25.7. The molecule has 1 aliphatic carbocycles. The Morgan fingerprint density at radius 2 is 2.30 bits per heavy atom. The maximum absolute atomic E-state index is 12.7. The van der Waals surface area contributed by atoms with Gasteiger partial charge in [0.25, 0.3) is 0 Å². The first-order valence-electron chi connectivity index (χ1n) is 10.0. The first-order chi connectivity index (χ1) is 14.6. The van der Waals surface area contributed by atoms with Crippen molar-refractivity contribution in [1.82, 2.24) is 24.5 Å². The molecule has 1 atom stereocenters. The van der Waals surface area contributed by atoms with Gasteiger partial charge in [-0.25, -0.2) is 14.5 Å². The average molecular weight is 422 g/mol. The predicted octanol–water partition coefficient (Wildman–Crippen LogP) is 2.60. The van der Waals surface area contributed by atoms with Crippen LogP contribution < -0.4 is 11.1 Å². The van der Waals surface area contributed by atoms with Gasteiger partial charge in [-0.05, 0) is 43.0 Å². The minimum atomic E-state index is 0.00996. The smallest absolute Gasteiger partial charge is 0.225 e. The Bertz CT molecular complexity index is 1230. The van der Waals surface area contributed by atoms with Crippen molar-refractivity contribution in [3.8, 4) is 0 Å². The van der Waals surface area contributed by atoms with E-state index in [1.807, 2.05) is 36.0 Å². The second kappa shape index (κ2) is 7.66. The molecule has 1 aliphatic rings. The fourth-order valence-corrected chi connectivity index (χ4v) is 5.43. The second-order valence-corrected chi connectivity index (χ2v) is 8.72. The maximum Gasteiger partial charge on any atom is 0.225 e. The van der Waals surface area contributed by atoms with Crippen molar-refractivity contribution in [3.63, 3.8) is 0 Å². The van der Waals surface area contributed by atoms with Gasteiger partial charge >= 0.3 is 0 Å². The van der Waals surface area contributed by atoms with E-state index in [2.05, 4.69) is 20.4 Å². The molecular weight excluding hydrogens is 398 g/mol. The fraction of sp³-hybridized carbons (Fsp3) is 0.333. The minimum Gasteiger partial charge on any atom is -0.344 e. The Balaban J connectivity index is 1.46. The van der Waals surface area contributed by atoms with Crippen LogP contribution >= 0.6 is 11.3 Å². The van der Waals surface area contributed by atoms with E-state index in [4.69, 9.17) is 5.73 Å². The molecule has 30 heavy (non-hydrogen) atoms. The number of thiophene rings is 1. The zero-order valence-electron chi connectivity index (χ0n) is 16.7. The van der Waals surface area contributed by atoms with Crippen molar-refractivity contribution in [1.29, 1.82) is 0 Å². The highest BCUT2D eigenvalue weighted by Crippen LogP contribution is 2.40. The van der Waals surface area contributed by atoms with Gasteiger partial charge in [0, 0.05) is 49.0 Å². The molecule has 4 aromatic heterocycles. The van der Waals surface area contributed by atoms with Gasteiger partial charge in [-0.2, -0.15) is 5.10 Å². The van der Waals surface area contributed by atoms with E-state index in [0.717, 1.165) is 46.5 Å². The van der Waals surface area contributed by atoms with E-state index < -0.39 is 0 Å². The number of nitrogens with one attached hydrogen (secondary N) is 1. The third kappa shape index (κ3) is 3.29. The lowest BCUT2D eigenvalue weighted by Gasteiger charge is -2.26. The van der Waals surface area contributed by atoms with E-state index in [0.29, 0.717) is 13.1 Å². The molecule has 4 aromatic rings. The van der Waals surface area contributed by atoms with Gasteiger partial charge in [0.2, 0.25) is 5.91 Å². The van der Waals surface area contributed by atoms with Crippen LogP contribution in [0, 0.1) is 5.92 Å². The number of aromatic nitrogens is 4. The normalized spacial score (nSPS) is 16.0. The van der Waals surface area contributed by atoms with Crippen LogP contribution in [-0.4, -0.2) is 50.5 Å². The molecule has 0 unspecified atom stereocenters. The molecule has 0 aliphatic heterocycles. The van der Waals surface area contributed by atoms with Crippen molar-refractivity contribution in [2.24, 2.45) is 11.7 Å². The number of hydrogen-bond donors (Lipinski definition) is 2. The summed E-state index contributed by atoms with van der Waals surface area (Å²) in [5.74, 6) is 1.00. The molecule has 1 amide bonds. The van der Waals surface area contributed by atoms with E-state index in [-0.39, 0.29) is 11.8 Å². The Morgan fingerprint density at radius 3 is 3.17 bits per heavy atom. The highest BCUT2D eigenvalue weighted by Gasteiger charge is 2.30. The highest BCUT2D eigenvalue weighted by molar-refractivity contribution is 7.19. The molecule has 0 radical (unpaired) electrons. The monoisotopic (exact) mass is 421 g/mol. The molecule has 0 spiro atoms. The molecule has 154 valence electrons. The Labute approximate surface area is 177 Å². The van der Waals surface area contributed by atoms with E-state index in [9.17, 15) is 4.79 Å². The zero-order valence-corrected chi connectivity index (χ0v) is 17.5. The largest absolute Gasteiger partial charge is 0.344 e. The Kier molecular flexibility index (Phi) is 4.84. The summed E-state index contributed by atoms with van der Waals surface area (Å²) in [5.41, 5.74) is 8.85. The predicted molar refractivity (Wildman–Crippen MR) is 118 cm³/mol. The molecule has 0 saturated carbocycles. The quantitative estimate of drug-likeness (QED) is 0.514. The molecule has 8 nitrogen and oxygen atoms in total. The number of carbonyl (C=O) groups is 1. The molecule has 9 heteroatoms. The van der Waals surface area contributed by atoms with Gasteiger partial charge < -0.3 is 16.0 Å². The topological polar surface area (TPSA) is 101 Å². The molecule has 0 bridgehead atoms. The number of nitrogens with two attached hydrogens (primary N) is 1. The standard InChI is InChI=1S/C21H23N7OS/c1-27(9-6-22)21(29)13-2-3-16-17(10-13)30-20-18(16)19(23-12-24-20)26-14-5-8-28-15(11-14)4-7-25-28/h4-5,7-8,11-13H,2-3,6,9-10,22H2,1H3,(H,23,24,26)/t13-/m0/s1. The molecule has 4 heterocycles. The first-order valence-corrected chi connectivity index (χ1v) is 10.9. The number of anilines is 2. The van der Waals surface area contributed by atoms with Crippen molar-refractivity contribution in [3.05, 3.63) is 47.4 Å². The summed E-state index contributed by atoms with van der Waals surface area (Å²) in [5, 5.41) is 8.77. The van der Waals surface area contributed by atoms with E-state index >= 15 is 0 Å². The van der Waals surface area contributed by atoms with Gasteiger partial charge in [-0.15, -0.1) is 11.3 Å². The molecular formula is C21H23N7OS. The third-order valence-electron chi connectivity index (χ3n) is 5.70. The number of aryl methyl sites for hydroxylation is 1. The highest BCUT2D eigenvalue weighted by atomic mass is 32.1. The average Bonchev–Trinajstić information content (AvgIpc) is 3.37. The van der Waals surface area contributed by atoms with Crippen LogP contribution in [-0.2, 0) is 17.6 Å². The summed E-state index contributed by atoms with van der Waals surface area (Å²) in [6.45, 7) is 1.08. The van der Waals surface area contributed by atoms with Crippen LogP contribution in [0.25, 0.3) is 15.7 Å². The lowest BCUT2D eigenvalue weighted by atomic mass is 9.87. The van der Waals surface area contributed by atoms with Crippen molar-refractivity contribution in [2.75, 3.05) is 25.5 Å². The van der Waals surface area contributed by atoms with Crippen LogP contribution in [0.4, 0.5) is 11.5 Å². The Hall–Kier alpha value is -3.04. The van der Waals surface area contributed by atoms with Crippen molar-refractivity contribution >= 4 is 44.5 Å². The fourth-order valence-electron chi connectivity index (χ4n) is 4.17. The van der Waals surface area contributed by atoms with Gasteiger partial charge in [-0.3, -0.25) is 4.79 Å². The number of amides is 1. The van der Waals surface area contributed by atoms with Crippen LogP contribution in [0.1, 0.15) is 16.9 Å². The Morgan fingerprint density at radius 1 is 1.40 bits per heavy atom. The van der Waals surface area contributed by atoms with Crippen molar-refractivity contribution < 1.29 is 4.79 Å². The number of fused-ring (bicyclic) bond motifs is 4. The van der Waals surface area contributed by atoms with Crippen LogP contribution in [0.15, 0.2) is 36.9 Å². The van der Waals surface area contributed by atoms with Gasteiger partial charge in [0.05, 0.1) is 10.9 Å². The summed E-state index contributed by atoms with van der Waals surface area (Å²) in [7, 11) is 1.83. The van der Waals surface area contributed by atoms with Crippen molar-refractivity contribution in [2.45, 2.75) is 19.3 Å². The summed E-state index contributed by atoms with van der Waals surface area (Å²) in [6, 6.07) is 5.99. The van der Waals surface area contributed by atoms with Crippen LogP contribution in [0.3, 0.4) is 0 Å². The van der Waals surface area contributed by atoms with Gasteiger partial charge in [0.1, 0.15) is 17.0 Å². The molecule has 0 aromatic carbocycles. The van der Waals surface area contributed by atoms with E-state index in [1.165, 1.54) is 10.4 Å². The third-order valence-corrected chi connectivity index (χ3v) is 6.86. The van der Waals surface area contributed by atoms with Crippen LogP contribution in [0.2, 0.25) is 0 Å². The minimum absolute atomic E-state index is 0.00996. The maximum atomic E-state index is 12.7. The SMILES string of the molecule is CN(CCN)C(=O)[C@H]1CCc2c(sc3ncnc(Nc4ccn5nccc5c4)c23)C1. The lowest BCUT2D eigenvalue weighted by Crippen LogP contribution is -2.38.